The van der Waals surface area contributed by atoms with Gasteiger partial charge in [0.05, 0.1) is 19.8 Å². The van der Waals surface area contributed by atoms with Gasteiger partial charge in [0.25, 0.3) is 0 Å². The summed E-state index contributed by atoms with van der Waals surface area (Å²) in [6, 6.07) is 19.3. The van der Waals surface area contributed by atoms with Crippen molar-refractivity contribution in [2.45, 2.75) is 13.1 Å². The predicted octanol–water partition coefficient (Wildman–Crippen LogP) is 4.34. The lowest BCUT2D eigenvalue weighted by Crippen LogP contribution is -2.45. The van der Waals surface area contributed by atoms with Crippen LogP contribution in [0, 0.1) is 0 Å². The molecule has 0 aromatic heterocycles. The first-order valence-corrected chi connectivity index (χ1v) is 12.0. The van der Waals surface area contributed by atoms with E-state index in [1.54, 1.807) is 24.3 Å². The Kier molecular flexibility index (Phi) is 6.93. The van der Waals surface area contributed by atoms with E-state index in [2.05, 4.69) is 34.1 Å². The number of hydrogen-bond acceptors (Lipinski definition) is 7. The van der Waals surface area contributed by atoms with Gasteiger partial charge in [-0.1, -0.05) is 42.5 Å². The molecule has 0 bridgehead atoms. The maximum absolute atomic E-state index is 12.9. The van der Waals surface area contributed by atoms with Crippen LogP contribution in [0.1, 0.15) is 27.0 Å². The second-order valence-corrected chi connectivity index (χ2v) is 9.07. The Bertz CT molecular complexity index is 1280. The number of phenolic OH excluding ortho intramolecular Hbond substituents is 1. The van der Waals surface area contributed by atoms with Crippen molar-refractivity contribution >= 4 is 11.9 Å². The molecular formula is C29H30N2O5. The van der Waals surface area contributed by atoms with Crippen molar-refractivity contribution in [2.24, 2.45) is 0 Å². The Morgan fingerprint density at radius 3 is 2.22 bits per heavy atom. The Morgan fingerprint density at radius 1 is 0.889 bits per heavy atom. The third-order valence-electron chi connectivity index (χ3n) is 6.69. The van der Waals surface area contributed by atoms with Crippen LogP contribution in [0.25, 0.3) is 6.08 Å². The van der Waals surface area contributed by atoms with Crippen molar-refractivity contribution in [3.05, 3.63) is 88.7 Å². The number of nitrogens with zero attached hydrogens (tertiary/aromatic N) is 2. The molecule has 0 saturated carbocycles. The molecular weight excluding hydrogens is 456 g/mol. The van der Waals surface area contributed by atoms with Gasteiger partial charge >= 0.3 is 0 Å². The van der Waals surface area contributed by atoms with Crippen LogP contribution in [0.2, 0.25) is 0 Å². The summed E-state index contributed by atoms with van der Waals surface area (Å²) in [5.74, 6) is 1.56. The number of rotatable bonds is 7. The van der Waals surface area contributed by atoms with Crippen molar-refractivity contribution in [1.29, 1.82) is 0 Å². The number of methoxy groups -OCH3 is 2. The van der Waals surface area contributed by atoms with E-state index in [1.807, 2.05) is 18.2 Å². The van der Waals surface area contributed by atoms with Gasteiger partial charge < -0.3 is 19.3 Å². The number of carbonyl (C=O) groups is 1. The normalized spacial score (nSPS) is 17.2. The number of ether oxygens (including phenoxy) is 3. The number of carbonyl (C=O) groups excluding carboxylic acids is 1. The zero-order chi connectivity index (χ0) is 25.1. The summed E-state index contributed by atoms with van der Waals surface area (Å²) in [6.07, 6.45) is 1.65. The van der Waals surface area contributed by atoms with Gasteiger partial charge in [-0.15, -0.1) is 0 Å². The van der Waals surface area contributed by atoms with E-state index in [1.165, 1.54) is 19.8 Å². The molecule has 1 N–H and O–H groups in total. The van der Waals surface area contributed by atoms with Crippen LogP contribution >= 0.6 is 0 Å². The number of phenols is 1. The molecule has 2 heterocycles. The third kappa shape index (κ3) is 5.08. The van der Waals surface area contributed by atoms with Gasteiger partial charge in [0.2, 0.25) is 5.78 Å². The zero-order valence-corrected chi connectivity index (χ0v) is 20.6. The van der Waals surface area contributed by atoms with Gasteiger partial charge in [0.1, 0.15) is 11.5 Å². The molecule has 7 heteroatoms. The highest BCUT2D eigenvalue weighted by Gasteiger charge is 2.29. The highest BCUT2D eigenvalue weighted by molar-refractivity contribution is 6.14. The van der Waals surface area contributed by atoms with Crippen LogP contribution in [0.5, 0.6) is 23.0 Å². The maximum atomic E-state index is 12.9. The monoisotopic (exact) mass is 486 g/mol. The van der Waals surface area contributed by atoms with Crippen molar-refractivity contribution in [2.75, 3.05) is 40.4 Å². The molecule has 2 aliphatic rings. The van der Waals surface area contributed by atoms with Gasteiger partial charge in [-0.05, 0) is 29.3 Å². The molecule has 0 radical (unpaired) electrons. The predicted molar refractivity (Wildman–Crippen MR) is 138 cm³/mol. The SMILES string of the molecule is COc1cc2c(cc1OC)C(=O)/C(=C/c1ccc(CN3CCN(Cc4ccccc4)CC3)c(O)c1)O2. The number of allylic oxidation sites excluding steroid dienone is 1. The van der Waals surface area contributed by atoms with E-state index in [0.29, 0.717) is 34.9 Å². The van der Waals surface area contributed by atoms with Gasteiger partial charge in [-0.25, -0.2) is 0 Å². The minimum atomic E-state index is -0.233. The second kappa shape index (κ2) is 10.4. The summed E-state index contributed by atoms with van der Waals surface area (Å²) < 4.78 is 16.4. The van der Waals surface area contributed by atoms with Crippen LogP contribution in [0.15, 0.2) is 66.4 Å². The van der Waals surface area contributed by atoms with Crippen molar-refractivity contribution in [3.63, 3.8) is 0 Å². The molecule has 5 rings (SSSR count). The van der Waals surface area contributed by atoms with E-state index in [4.69, 9.17) is 14.2 Å². The largest absolute Gasteiger partial charge is 0.508 e. The molecule has 0 spiro atoms. The van der Waals surface area contributed by atoms with Crippen LogP contribution in [-0.4, -0.2) is 61.1 Å². The topological polar surface area (TPSA) is 71.5 Å². The summed E-state index contributed by atoms with van der Waals surface area (Å²) in [7, 11) is 3.06. The molecule has 0 aliphatic carbocycles. The van der Waals surface area contributed by atoms with Gasteiger partial charge in [-0.2, -0.15) is 0 Å². The number of benzene rings is 3. The van der Waals surface area contributed by atoms with E-state index in [-0.39, 0.29) is 17.3 Å². The first-order chi connectivity index (χ1) is 17.5. The Labute approximate surface area is 211 Å². The van der Waals surface area contributed by atoms with E-state index in [9.17, 15) is 9.90 Å². The average molecular weight is 487 g/mol. The Hall–Kier alpha value is -3.81. The van der Waals surface area contributed by atoms with E-state index < -0.39 is 0 Å². The highest BCUT2D eigenvalue weighted by atomic mass is 16.5. The first-order valence-electron chi connectivity index (χ1n) is 12.0. The van der Waals surface area contributed by atoms with Crippen molar-refractivity contribution in [1.82, 2.24) is 9.80 Å². The number of fused-ring (bicyclic) bond motifs is 1. The Morgan fingerprint density at radius 2 is 1.56 bits per heavy atom. The van der Waals surface area contributed by atoms with Crippen molar-refractivity contribution in [3.8, 4) is 23.0 Å². The van der Waals surface area contributed by atoms with E-state index in [0.717, 1.165) is 38.3 Å². The lowest BCUT2D eigenvalue weighted by Gasteiger charge is -2.34. The number of piperazine rings is 1. The van der Waals surface area contributed by atoms with E-state index >= 15 is 0 Å². The molecule has 36 heavy (non-hydrogen) atoms. The molecule has 0 unspecified atom stereocenters. The molecule has 3 aromatic rings. The molecule has 1 saturated heterocycles. The molecule has 0 amide bonds. The first kappa shape index (κ1) is 23.9. The summed E-state index contributed by atoms with van der Waals surface area (Å²) in [6.45, 7) is 5.54. The number of hydrogen-bond donors (Lipinski definition) is 1. The van der Waals surface area contributed by atoms with Gasteiger partial charge in [0, 0.05) is 50.9 Å². The molecule has 1 fully saturated rings. The summed E-state index contributed by atoms with van der Waals surface area (Å²) in [5.41, 5.74) is 3.31. The number of Topliss-reactive ketones (excluding diaryl/α,β-unsaturated/α-hetero) is 1. The van der Waals surface area contributed by atoms with Gasteiger partial charge in [0.15, 0.2) is 17.3 Å². The Balaban J connectivity index is 1.22. The number of ketones is 1. The second-order valence-electron chi connectivity index (χ2n) is 9.07. The van der Waals surface area contributed by atoms with Crippen LogP contribution in [0.3, 0.4) is 0 Å². The summed E-state index contributed by atoms with van der Waals surface area (Å²) >= 11 is 0. The fraction of sp³-hybridized carbons (Fsp3) is 0.276. The molecule has 7 nitrogen and oxygen atoms in total. The summed E-state index contributed by atoms with van der Waals surface area (Å²) in [4.78, 5) is 17.7. The minimum absolute atomic E-state index is 0.196. The van der Waals surface area contributed by atoms with Crippen LogP contribution < -0.4 is 14.2 Å². The lowest BCUT2D eigenvalue weighted by molar-refractivity contribution is 0.101. The maximum Gasteiger partial charge on any atom is 0.232 e. The van der Waals surface area contributed by atoms with Crippen molar-refractivity contribution < 1.29 is 24.1 Å². The molecule has 2 aliphatic heterocycles. The highest BCUT2D eigenvalue weighted by Crippen LogP contribution is 2.40. The fourth-order valence-electron chi connectivity index (χ4n) is 4.66. The quantitative estimate of drug-likeness (QED) is 0.498. The molecule has 0 atom stereocenters. The summed E-state index contributed by atoms with van der Waals surface area (Å²) in [5, 5.41) is 10.7. The standard InChI is InChI=1S/C29H30N2O5/c1-34-26-16-23-25(17-27(26)35-2)36-28(29(23)33)15-21-8-9-22(24(32)14-21)19-31-12-10-30(11-13-31)18-20-6-4-3-5-7-20/h3-9,14-17,32H,10-13,18-19H2,1-2H3/b28-15-. The third-order valence-corrected chi connectivity index (χ3v) is 6.69. The van der Waals surface area contributed by atoms with Crippen LogP contribution in [0.4, 0.5) is 0 Å². The molecule has 186 valence electrons. The number of aromatic hydroxyl groups is 1. The molecule has 3 aromatic carbocycles. The zero-order valence-electron chi connectivity index (χ0n) is 20.6. The van der Waals surface area contributed by atoms with Gasteiger partial charge in [-0.3, -0.25) is 14.6 Å². The fourth-order valence-corrected chi connectivity index (χ4v) is 4.66. The average Bonchev–Trinajstić information content (AvgIpc) is 3.20. The smallest absolute Gasteiger partial charge is 0.232 e. The minimum Gasteiger partial charge on any atom is -0.508 e. The lowest BCUT2D eigenvalue weighted by atomic mass is 10.1. The van der Waals surface area contributed by atoms with Crippen LogP contribution in [-0.2, 0) is 13.1 Å².